The molecule has 0 atom stereocenters. The Kier molecular flexibility index (Phi) is 3.35. The molecule has 0 spiro atoms. The summed E-state index contributed by atoms with van der Waals surface area (Å²) in [6, 6.07) is 9.04. The molecule has 0 aliphatic rings. The van der Waals surface area contributed by atoms with Gasteiger partial charge in [-0.15, -0.1) is 0 Å². The van der Waals surface area contributed by atoms with Crippen molar-refractivity contribution in [3.8, 4) is 0 Å². The van der Waals surface area contributed by atoms with Crippen LogP contribution in [0.15, 0.2) is 42.6 Å². The third-order valence-electron chi connectivity index (χ3n) is 3.06. The molecule has 2 heterocycles. The highest BCUT2D eigenvalue weighted by Crippen LogP contribution is 2.16. The maximum absolute atomic E-state index is 13.2. The van der Waals surface area contributed by atoms with Crippen LogP contribution in [0.3, 0.4) is 0 Å². The zero-order chi connectivity index (χ0) is 14.8. The number of nitrogens with zero attached hydrogens (tertiary/aromatic N) is 3. The number of aryl methyl sites for hydroxylation is 1. The highest BCUT2D eigenvalue weighted by atomic mass is 19.1. The number of rotatable bonds is 3. The summed E-state index contributed by atoms with van der Waals surface area (Å²) in [5.41, 5.74) is 1.37. The predicted octanol–water partition coefficient (Wildman–Crippen LogP) is 2.68. The van der Waals surface area contributed by atoms with Gasteiger partial charge in [0.1, 0.15) is 5.82 Å². The number of aromatic nitrogens is 3. The van der Waals surface area contributed by atoms with E-state index in [0.29, 0.717) is 23.6 Å². The fourth-order valence-electron chi connectivity index (χ4n) is 2.02. The number of carbonyl (C=O) groups is 1. The maximum atomic E-state index is 13.2. The molecule has 0 aliphatic carbocycles. The summed E-state index contributed by atoms with van der Waals surface area (Å²) < 4.78 is 14.8. The first-order valence-corrected chi connectivity index (χ1v) is 6.58. The Labute approximate surface area is 120 Å². The third-order valence-corrected chi connectivity index (χ3v) is 3.06. The van der Waals surface area contributed by atoms with Gasteiger partial charge < -0.3 is 5.32 Å². The van der Waals surface area contributed by atoms with E-state index in [1.807, 2.05) is 6.92 Å². The molecule has 0 aliphatic heterocycles. The molecular formula is C15H13FN4O. The first-order valence-electron chi connectivity index (χ1n) is 6.58. The van der Waals surface area contributed by atoms with Gasteiger partial charge in [-0.3, -0.25) is 4.79 Å². The van der Waals surface area contributed by atoms with Crippen molar-refractivity contribution in [2.24, 2.45) is 0 Å². The Morgan fingerprint density at radius 2 is 2.19 bits per heavy atom. The van der Waals surface area contributed by atoms with Crippen LogP contribution < -0.4 is 5.32 Å². The van der Waals surface area contributed by atoms with Crippen molar-refractivity contribution >= 4 is 17.2 Å². The quantitative estimate of drug-likeness (QED) is 0.804. The van der Waals surface area contributed by atoms with Crippen molar-refractivity contribution in [2.45, 2.75) is 13.3 Å². The number of halogens is 1. The van der Waals surface area contributed by atoms with Crippen molar-refractivity contribution < 1.29 is 9.18 Å². The Hall–Kier alpha value is -2.76. The molecule has 0 bridgehead atoms. The van der Waals surface area contributed by atoms with E-state index in [9.17, 15) is 9.18 Å². The molecule has 5 nitrogen and oxygen atoms in total. The number of hydrogen-bond acceptors (Lipinski definition) is 3. The van der Waals surface area contributed by atoms with E-state index < -0.39 is 5.82 Å². The van der Waals surface area contributed by atoms with Crippen LogP contribution in [0, 0.1) is 5.82 Å². The molecule has 3 rings (SSSR count). The molecule has 2 aromatic heterocycles. The van der Waals surface area contributed by atoms with Gasteiger partial charge in [0.05, 0.1) is 5.69 Å². The van der Waals surface area contributed by atoms with Crippen LogP contribution in [-0.4, -0.2) is 20.5 Å². The molecule has 1 aromatic carbocycles. The van der Waals surface area contributed by atoms with Crippen LogP contribution in [0.2, 0.25) is 0 Å². The van der Waals surface area contributed by atoms with Gasteiger partial charge in [-0.1, -0.05) is 13.0 Å². The molecule has 1 N–H and O–H groups in total. The van der Waals surface area contributed by atoms with E-state index in [-0.39, 0.29) is 11.5 Å². The summed E-state index contributed by atoms with van der Waals surface area (Å²) >= 11 is 0. The SMILES string of the molecule is CCc1nc2c(NC(=O)c3cccc(F)c3)cccn2n1. The van der Waals surface area contributed by atoms with Crippen LogP contribution in [0.5, 0.6) is 0 Å². The van der Waals surface area contributed by atoms with Crippen LogP contribution in [0.4, 0.5) is 10.1 Å². The molecule has 21 heavy (non-hydrogen) atoms. The minimum Gasteiger partial charge on any atom is -0.319 e. The number of pyridine rings is 1. The molecule has 0 saturated heterocycles. The van der Waals surface area contributed by atoms with Crippen molar-refractivity contribution in [1.82, 2.24) is 14.6 Å². The number of anilines is 1. The van der Waals surface area contributed by atoms with Gasteiger partial charge in [0.2, 0.25) is 0 Å². The molecule has 0 unspecified atom stereocenters. The number of amides is 1. The standard InChI is InChI=1S/C15H13FN4O/c1-2-13-18-14-12(7-4-8-20(14)19-13)17-15(21)10-5-3-6-11(16)9-10/h3-9H,2H2,1H3,(H,17,21). The van der Waals surface area contributed by atoms with E-state index in [4.69, 9.17) is 0 Å². The lowest BCUT2D eigenvalue weighted by Gasteiger charge is -2.06. The molecule has 6 heteroatoms. The monoisotopic (exact) mass is 284 g/mol. The average Bonchev–Trinajstić information content (AvgIpc) is 2.91. The first-order chi connectivity index (χ1) is 10.2. The van der Waals surface area contributed by atoms with Crippen molar-refractivity contribution in [2.75, 3.05) is 5.32 Å². The summed E-state index contributed by atoms with van der Waals surface area (Å²) in [4.78, 5) is 16.5. The largest absolute Gasteiger partial charge is 0.319 e. The van der Waals surface area contributed by atoms with Gasteiger partial charge in [0, 0.05) is 18.2 Å². The normalized spacial score (nSPS) is 10.8. The molecule has 3 aromatic rings. The van der Waals surface area contributed by atoms with Gasteiger partial charge in [0.15, 0.2) is 11.5 Å². The van der Waals surface area contributed by atoms with Gasteiger partial charge in [-0.25, -0.2) is 13.9 Å². The zero-order valence-electron chi connectivity index (χ0n) is 11.4. The minimum absolute atomic E-state index is 0.257. The Morgan fingerprint density at radius 3 is 2.95 bits per heavy atom. The lowest BCUT2D eigenvalue weighted by atomic mass is 10.2. The van der Waals surface area contributed by atoms with E-state index >= 15 is 0 Å². The average molecular weight is 284 g/mol. The van der Waals surface area contributed by atoms with Gasteiger partial charge >= 0.3 is 0 Å². The number of benzene rings is 1. The maximum Gasteiger partial charge on any atom is 0.255 e. The van der Waals surface area contributed by atoms with Crippen LogP contribution in [0.25, 0.3) is 5.65 Å². The summed E-state index contributed by atoms with van der Waals surface area (Å²) in [6.45, 7) is 1.96. The summed E-state index contributed by atoms with van der Waals surface area (Å²) in [5, 5.41) is 7.02. The summed E-state index contributed by atoms with van der Waals surface area (Å²) in [5.74, 6) is -0.136. The van der Waals surface area contributed by atoms with Crippen LogP contribution >= 0.6 is 0 Å². The molecule has 1 amide bonds. The van der Waals surface area contributed by atoms with Gasteiger partial charge in [-0.2, -0.15) is 5.10 Å². The lowest BCUT2D eigenvalue weighted by molar-refractivity contribution is 0.102. The van der Waals surface area contributed by atoms with Gasteiger partial charge in [-0.05, 0) is 30.3 Å². The lowest BCUT2D eigenvalue weighted by Crippen LogP contribution is -2.13. The topological polar surface area (TPSA) is 59.3 Å². The first kappa shape index (κ1) is 13.2. The van der Waals surface area contributed by atoms with Gasteiger partial charge in [0.25, 0.3) is 5.91 Å². The Bertz CT molecular complexity index is 812. The molecule has 0 saturated carbocycles. The zero-order valence-corrected chi connectivity index (χ0v) is 11.4. The van der Waals surface area contributed by atoms with E-state index in [1.54, 1.807) is 28.9 Å². The highest BCUT2D eigenvalue weighted by Gasteiger charge is 2.11. The third kappa shape index (κ3) is 2.60. The second-order valence-electron chi connectivity index (χ2n) is 4.54. The Morgan fingerprint density at radius 1 is 1.33 bits per heavy atom. The van der Waals surface area contributed by atoms with Crippen molar-refractivity contribution in [3.63, 3.8) is 0 Å². The highest BCUT2D eigenvalue weighted by molar-refractivity contribution is 6.05. The predicted molar refractivity (Wildman–Crippen MR) is 76.7 cm³/mol. The molecular weight excluding hydrogens is 271 g/mol. The van der Waals surface area contributed by atoms with E-state index in [2.05, 4.69) is 15.4 Å². The Balaban J connectivity index is 1.94. The fraction of sp³-hybridized carbons (Fsp3) is 0.133. The summed E-state index contributed by atoms with van der Waals surface area (Å²) in [6.07, 6.45) is 2.47. The molecule has 0 fully saturated rings. The minimum atomic E-state index is -0.448. The molecule has 106 valence electrons. The van der Waals surface area contributed by atoms with Crippen molar-refractivity contribution in [3.05, 3.63) is 59.8 Å². The fourth-order valence-corrected chi connectivity index (χ4v) is 2.02. The number of hydrogen-bond donors (Lipinski definition) is 1. The second kappa shape index (κ2) is 5.32. The van der Waals surface area contributed by atoms with Crippen molar-refractivity contribution in [1.29, 1.82) is 0 Å². The number of fused-ring (bicyclic) bond motifs is 1. The van der Waals surface area contributed by atoms with Crippen LogP contribution in [-0.2, 0) is 6.42 Å². The van der Waals surface area contributed by atoms with Crippen LogP contribution in [0.1, 0.15) is 23.1 Å². The smallest absolute Gasteiger partial charge is 0.255 e. The number of nitrogens with one attached hydrogen (secondary N) is 1. The van der Waals surface area contributed by atoms with E-state index in [1.165, 1.54) is 18.2 Å². The second-order valence-corrected chi connectivity index (χ2v) is 4.54. The molecule has 0 radical (unpaired) electrons. The summed E-state index contributed by atoms with van der Waals surface area (Å²) in [7, 11) is 0. The number of carbonyl (C=O) groups excluding carboxylic acids is 1. The van der Waals surface area contributed by atoms with E-state index in [0.717, 1.165) is 0 Å².